The molecule has 1 fully saturated rings. The maximum Gasteiger partial charge on any atom is 0.267 e. The number of benzene rings is 1. The van der Waals surface area contributed by atoms with E-state index < -0.39 is 0 Å². The topological polar surface area (TPSA) is 64.4 Å². The van der Waals surface area contributed by atoms with Gasteiger partial charge in [-0.05, 0) is 36.6 Å². The average Bonchev–Trinajstić information content (AvgIpc) is 2.89. The molecule has 1 saturated carbocycles. The minimum absolute atomic E-state index is 0.180. The third-order valence-corrected chi connectivity index (χ3v) is 2.99. The summed E-state index contributed by atoms with van der Waals surface area (Å²) in [5, 5.41) is 0. The summed E-state index contributed by atoms with van der Waals surface area (Å²) in [5.41, 5.74) is 9.67. The molecule has 18 heavy (non-hydrogen) atoms. The van der Waals surface area contributed by atoms with Crippen LogP contribution in [0.5, 0.6) is 0 Å². The van der Waals surface area contributed by atoms with Crippen molar-refractivity contribution in [1.29, 1.82) is 0 Å². The molecule has 0 bridgehead atoms. The molecule has 0 spiro atoms. The zero-order chi connectivity index (χ0) is 12.8. The fraction of sp³-hybridized carbons (Fsp3) is 0.357. The summed E-state index contributed by atoms with van der Waals surface area (Å²) >= 11 is 0. The number of carbonyl (C=O) groups is 1. The Morgan fingerprint density at radius 3 is 2.61 bits per heavy atom. The third-order valence-electron chi connectivity index (χ3n) is 2.99. The SMILES string of the molecule is Nc1ccc(/C=C/C(=O)NOC2CCCC2)cc1. The lowest BCUT2D eigenvalue weighted by atomic mass is 10.2. The molecule has 0 aliphatic heterocycles. The quantitative estimate of drug-likeness (QED) is 0.486. The Bertz CT molecular complexity index is 420. The van der Waals surface area contributed by atoms with Gasteiger partial charge in [0.05, 0.1) is 6.10 Å². The Labute approximate surface area is 107 Å². The second-order valence-corrected chi connectivity index (χ2v) is 4.49. The van der Waals surface area contributed by atoms with E-state index in [2.05, 4.69) is 5.48 Å². The van der Waals surface area contributed by atoms with Gasteiger partial charge in [-0.1, -0.05) is 25.0 Å². The molecule has 4 nitrogen and oxygen atoms in total. The second-order valence-electron chi connectivity index (χ2n) is 4.49. The molecule has 0 atom stereocenters. The van der Waals surface area contributed by atoms with Crippen LogP contribution in [0.2, 0.25) is 0 Å². The Morgan fingerprint density at radius 1 is 1.28 bits per heavy atom. The molecule has 2 rings (SSSR count). The monoisotopic (exact) mass is 246 g/mol. The van der Waals surface area contributed by atoms with Crippen LogP contribution in [-0.4, -0.2) is 12.0 Å². The lowest BCUT2D eigenvalue weighted by molar-refractivity contribution is -0.132. The fourth-order valence-corrected chi connectivity index (χ4v) is 1.96. The zero-order valence-corrected chi connectivity index (χ0v) is 10.3. The number of hydrogen-bond acceptors (Lipinski definition) is 3. The molecule has 3 N–H and O–H groups in total. The molecule has 1 aromatic carbocycles. The van der Waals surface area contributed by atoms with E-state index in [0.29, 0.717) is 5.69 Å². The first-order valence-corrected chi connectivity index (χ1v) is 6.23. The molecule has 1 aliphatic carbocycles. The van der Waals surface area contributed by atoms with Gasteiger partial charge in [0.25, 0.3) is 5.91 Å². The van der Waals surface area contributed by atoms with Crippen molar-refractivity contribution in [2.45, 2.75) is 31.8 Å². The van der Waals surface area contributed by atoms with E-state index in [-0.39, 0.29) is 12.0 Å². The Balaban J connectivity index is 1.77. The van der Waals surface area contributed by atoms with E-state index >= 15 is 0 Å². The van der Waals surface area contributed by atoms with Crippen LogP contribution >= 0.6 is 0 Å². The van der Waals surface area contributed by atoms with Gasteiger partial charge >= 0.3 is 0 Å². The number of hydrogen-bond donors (Lipinski definition) is 2. The van der Waals surface area contributed by atoms with Crippen LogP contribution in [0.25, 0.3) is 6.08 Å². The van der Waals surface area contributed by atoms with E-state index in [9.17, 15) is 4.79 Å². The lowest BCUT2D eigenvalue weighted by Crippen LogP contribution is -2.26. The number of hydroxylamine groups is 1. The molecule has 0 aromatic heterocycles. The summed E-state index contributed by atoms with van der Waals surface area (Å²) < 4.78 is 0. The lowest BCUT2D eigenvalue weighted by Gasteiger charge is -2.09. The number of nitrogens with one attached hydrogen (secondary N) is 1. The van der Waals surface area contributed by atoms with E-state index in [1.54, 1.807) is 18.2 Å². The van der Waals surface area contributed by atoms with E-state index in [4.69, 9.17) is 10.6 Å². The molecular formula is C14H18N2O2. The van der Waals surface area contributed by atoms with Crippen molar-refractivity contribution in [1.82, 2.24) is 5.48 Å². The van der Waals surface area contributed by atoms with Gasteiger partial charge in [0, 0.05) is 11.8 Å². The predicted molar refractivity (Wildman–Crippen MR) is 71.4 cm³/mol. The Morgan fingerprint density at radius 2 is 1.94 bits per heavy atom. The number of carbonyl (C=O) groups excluding carboxylic acids is 1. The van der Waals surface area contributed by atoms with E-state index in [0.717, 1.165) is 18.4 Å². The largest absolute Gasteiger partial charge is 0.399 e. The van der Waals surface area contributed by atoms with Crippen molar-refractivity contribution in [3.8, 4) is 0 Å². The number of amides is 1. The first-order valence-electron chi connectivity index (χ1n) is 6.23. The Hall–Kier alpha value is -1.81. The number of anilines is 1. The standard InChI is InChI=1S/C14H18N2O2/c15-12-8-5-11(6-9-12)7-10-14(17)16-18-13-3-1-2-4-13/h5-10,13H,1-4,15H2,(H,16,17)/b10-7+. The maximum atomic E-state index is 11.5. The van der Waals surface area contributed by atoms with Crippen molar-refractivity contribution < 1.29 is 9.63 Å². The molecular weight excluding hydrogens is 228 g/mol. The normalized spacial score (nSPS) is 16.2. The number of nitrogen functional groups attached to an aromatic ring is 1. The van der Waals surface area contributed by atoms with Gasteiger partial charge in [-0.2, -0.15) is 0 Å². The smallest absolute Gasteiger partial charge is 0.267 e. The summed E-state index contributed by atoms with van der Waals surface area (Å²) in [6, 6.07) is 7.31. The first-order chi connectivity index (χ1) is 8.74. The first kappa shape index (κ1) is 12.6. The van der Waals surface area contributed by atoms with Crippen LogP contribution < -0.4 is 11.2 Å². The van der Waals surface area contributed by atoms with Crippen molar-refractivity contribution in [3.05, 3.63) is 35.9 Å². The van der Waals surface area contributed by atoms with Crippen LogP contribution in [0.4, 0.5) is 5.69 Å². The van der Waals surface area contributed by atoms with Gasteiger partial charge in [0.15, 0.2) is 0 Å². The summed E-state index contributed by atoms with van der Waals surface area (Å²) in [6.07, 6.45) is 7.79. The molecule has 0 saturated heterocycles. The fourth-order valence-electron chi connectivity index (χ4n) is 1.96. The van der Waals surface area contributed by atoms with Crippen molar-refractivity contribution >= 4 is 17.7 Å². The van der Waals surface area contributed by atoms with Crippen LogP contribution in [0.1, 0.15) is 31.2 Å². The highest BCUT2D eigenvalue weighted by Crippen LogP contribution is 2.19. The van der Waals surface area contributed by atoms with Crippen LogP contribution in [0, 0.1) is 0 Å². The molecule has 0 radical (unpaired) electrons. The molecule has 0 heterocycles. The minimum Gasteiger partial charge on any atom is -0.399 e. The molecule has 1 amide bonds. The van der Waals surface area contributed by atoms with Crippen LogP contribution in [-0.2, 0) is 9.63 Å². The molecule has 1 aromatic rings. The molecule has 1 aliphatic rings. The highest BCUT2D eigenvalue weighted by atomic mass is 16.7. The van der Waals surface area contributed by atoms with Gasteiger partial charge in [0.2, 0.25) is 0 Å². The van der Waals surface area contributed by atoms with Crippen molar-refractivity contribution in [3.63, 3.8) is 0 Å². The Kier molecular flexibility index (Phi) is 4.36. The zero-order valence-electron chi connectivity index (χ0n) is 10.3. The number of rotatable bonds is 4. The van der Waals surface area contributed by atoms with E-state index in [1.807, 2.05) is 12.1 Å². The van der Waals surface area contributed by atoms with Gasteiger partial charge in [0.1, 0.15) is 0 Å². The highest BCUT2D eigenvalue weighted by Gasteiger charge is 2.16. The maximum absolute atomic E-state index is 11.5. The molecule has 4 heteroatoms. The summed E-state index contributed by atoms with van der Waals surface area (Å²) in [5.74, 6) is -0.237. The van der Waals surface area contributed by atoms with Crippen molar-refractivity contribution in [2.24, 2.45) is 0 Å². The summed E-state index contributed by atoms with van der Waals surface area (Å²) in [6.45, 7) is 0. The summed E-state index contributed by atoms with van der Waals surface area (Å²) in [7, 11) is 0. The molecule has 96 valence electrons. The van der Waals surface area contributed by atoms with Gasteiger partial charge < -0.3 is 5.73 Å². The van der Waals surface area contributed by atoms with Gasteiger partial charge in [-0.25, -0.2) is 5.48 Å². The molecule has 0 unspecified atom stereocenters. The predicted octanol–water partition coefficient (Wildman–Crippen LogP) is 2.27. The van der Waals surface area contributed by atoms with Crippen molar-refractivity contribution in [2.75, 3.05) is 5.73 Å². The number of nitrogens with two attached hydrogens (primary N) is 1. The van der Waals surface area contributed by atoms with E-state index in [1.165, 1.54) is 18.9 Å². The third kappa shape index (κ3) is 3.89. The second kappa shape index (κ2) is 6.21. The minimum atomic E-state index is -0.237. The summed E-state index contributed by atoms with van der Waals surface area (Å²) in [4.78, 5) is 16.8. The highest BCUT2D eigenvalue weighted by molar-refractivity contribution is 5.90. The van der Waals surface area contributed by atoms with Crippen LogP contribution in [0.3, 0.4) is 0 Å². The average molecular weight is 246 g/mol. The van der Waals surface area contributed by atoms with Crippen LogP contribution in [0.15, 0.2) is 30.3 Å². The van der Waals surface area contributed by atoms with Gasteiger partial charge in [-0.15, -0.1) is 0 Å². The van der Waals surface area contributed by atoms with Gasteiger partial charge in [-0.3, -0.25) is 9.63 Å².